The first-order valence-corrected chi connectivity index (χ1v) is 12.8. The third kappa shape index (κ3) is 4.01. The van der Waals surface area contributed by atoms with Crippen LogP contribution in [0.25, 0.3) is 11.3 Å². The van der Waals surface area contributed by atoms with Crippen LogP contribution in [0.5, 0.6) is 0 Å². The van der Waals surface area contributed by atoms with Crippen molar-refractivity contribution >= 4 is 11.7 Å². The minimum Gasteiger partial charge on any atom is -0.354 e. The summed E-state index contributed by atoms with van der Waals surface area (Å²) < 4.78 is 34.6. The molecule has 0 spiro atoms. The van der Waals surface area contributed by atoms with Crippen molar-refractivity contribution in [3.8, 4) is 11.3 Å². The molecule has 0 N–H and O–H groups in total. The SMILES string of the molecule is C[C@@]12CC[C@@H](C3CC4C(F)=CC(F)=CC43)N1C(=O)CCN(c1cc(-c3ccccc3)ncn1)CCO2. The monoisotopic (exact) mass is 492 g/mol. The molecule has 4 aliphatic rings. The van der Waals surface area contributed by atoms with Crippen molar-refractivity contribution in [2.24, 2.45) is 17.8 Å². The first kappa shape index (κ1) is 23.3. The summed E-state index contributed by atoms with van der Waals surface area (Å²) in [5, 5.41) is 0. The van der Waals surface area contributed by atoms with Crippen LogP contribution in [-0.4, -0.2) is 52.2 Å². The van der Waals surface area contributed by atoms with Crippen molar-refractivity contribution in [1.29, 1.82) is 0 Å². The minimum atomic E-state index is -0.713. The van der Waals surface area contributed by atoms with Gasteiger partial charge in [0.05, 0.1) is 12.3 Å². The number of hydrogen-bond donors (Lipinski definition) is 0. The molecule has 3 unspecified atom stereocenters. The predicted octanol–water partition coefficient (Wildman–Crippen LogP) is 5.05. The lowest BCUT2D eigenvalue weighted by Crippen LogP contribution is -2.56. The number of rotatable bonds is 3. The molecular weight excluding hydrogens is 462 g/mol. The summed E-state index contributed by atoms with van der Waals surface area (Å²) in [4.78, 5) is 26.5. The Hall–Kier alpha value is -3.13. The number of hydrogen-bond acceptors (Lipinski definition) is 5. The van der Waals surface area contributed by atoms with E-state index in [2.05, 4.69) is 14.9 Å². The maximum atomic E-state index is 14.2. The zero-order chi connectivity index (χ0) is 24.9. The quantitative estimate of drug-likeness (QED) is 0.600. The van der Waals surface area contributed by atoms with Crippen LogP contribution in [0.2, 0.25) is 0 Å². The Morgan fingerprint density at radius 1 is 1.14 bits per heavy atom. The molecule has 1 aromatic heterocycles. The molecule has 1 amide bonds. The zero-order valence-corrected chi connectivity index (χ0v) is 20.3. The molecule has 0 radical (unpaired) electrons. The molecule has 188 valence electrons. The zero-order valence-electron chi connectivity index (χ0n) is 20.3. The van der Waals surface area contributed by atoms with Crippen molar-refractivity contribution < 1.29 is 18.3 Å². The standard InChI is InChI=1S/C28H30F2N4O2/c1-28-9-7-25(22-15-21-20(22)13-19(29)14-23(21)30)34(28)27(35)8-10-33(11-12-36-28)26-16-24(31-17-32-26)18-5-3-2-4-6-18/h2-6,13-14,16-17,20-22,25H,7-12,15H2,1H3/t20?,21?,22?,25-,28+/m0/s1. The number of nitrogens with zero attached hydrogens (tertiary/aromatic N) is 4. The van der Waals surface area contributed by atoms with E-state index in [0.29, 0.717) is 39.0 Å². The Bertz CT molecular complexity index is 1220. The molecular formula is C28H30F2N4O2. The average molecular weight is 493 g/mol. The number of anilines is 1. The van der Waals surface area contributed by atoms with Crippen LogP contribution in [0.4, 0.5) is 14.6 Å². The third-order valence-corrected chi connectivity index (χ3v) is 8.39. The number of allylic oxidation sites excluding steroid dienone is 4. The van der Waals surface area contributed by atoms with Crippen LogP contribution < -0.4 is 4.90 Å². The molecule has 3 fully saturated rings. The molecule has 0 bridgehead atoms. The lowest BCUT2D eigenvalue weighted by Gasteiger charge is -2.50. The fourth-order valence-corrected chi connectivity index (χ4v) is 6.50. The number of fused-ring (bicyclic) bond motifs is 2. The van der Waals surface area contributed by atoms with E-state index in [1.165, 1.54) is 0 Å². The Morgan fingerprint density at radius 3 is 2.81 bits per heavy atom. The van der Waals surface area contributed by atoms with Crippen molar-refractivity contribution in [3.05, 3.63) is 66.5 Å². The molecule has 2 aliphatic heterocycles. The van der Waals surface area contributed by atoms with E-state index >= 15 is 0 Å². The number of carbonyl (C=O) groups excluding carboxylic acids is 1. The van der Waals surface area contributed by atoms with Gasteiger partial charge in [-0.05, 0) is 44.1 Å². The maximum absolute atomic E-state index is 14.2. The summed E-state index contributed by atoms with van der Waals surface area (Å²) in [7, 11) is 0. The summed E-state index contributed by atoms with van der Waals surface area (Å²) in [5.74, 6) is -0.527. The molecule has 1 aromatic carbocycles. The number of aromatic nitrogens is 2. The van der Waals surface area contributed by atoms with Crippen molar-refractivity contribution in [1.82, 2.24) is 14.9 Å². The summed E-state index contributed by atoms with van der Waals surface area (Å²) >= 11 is 0. The van der Waals surface area contributed by atoms with Gasteiger partial charge in [0.1, 0.15) is 29.5 Å². The van der Waals surface area contributed by atoms with Crippen molar-refractivity contribution in [3.63, 3.8) is 0 Å². The largest absolute Gasteiger partial charge is 0.354 e. The second-order valence-electron chi connectivity index (χ2n) is 10.4. The summed E-state index contributed by atoms with van der Waals surface area (Å²) in [5.41, 5.74) is 1.12. The molecule has 8 heteroatoms. The highest BCUT2D eigenvalue weighted by molar-refractivity contribution is 5.78. The van der Waals surface area contributed by atoms with E-state index in [-0.39, 0.29) is 35.5 Å². The van der Waals surface area contributed by atoms with Crippen LogP contribution in [0.3, 0.4) is 0 Å². The van der Waals surface area contributed by atoms with Gasteiger partial charge < -0.3 is 14.5 Å². The minimum absolute atomic E-state index is 0.0176. The normalized spacial score (nSPS) is 32.4. The molecule has 6 rings (SSSR count). The van der Waals surface area contributed by atoms with Crippen LogP contribution in [0.1, 0.15) is 32.6 Å². The summed E-state index contributed by atoms with van der Waals surface area (Å²) in [6.45, 7) is 3.53. The summed E-state index contributed by atoms with van der Waals surface area (Å²) in [6.07, 6.45) is 6.55. The topological polar surface area (TPSA) is 58.6 Å². The van der Waals surface area contributed by atoms with Crippen LogP contribution >= 0.6 is 0 Å². The smallest absolute Gasteiger partial charge is 0.226 e. The number of halogens is 2. The molecule has 1 saturated carbocycles. The Morgan fingerprint density at radius 2 is 1.97 bits per heavy atom. The van der Waals surface area contributed by atoms with E-state index in [1.807, 2.05) is 48.2 Å². The number of ether oxygens (including phenoxy) is 1. The lowest BCUT2D eigenvalue weighted by atomic mass is 9.59. The predicted molar refractivity (Wildman–Crippen MR) is 132 cm³/mol. The van der Waals surface area contributed by atoms with E-state index in [0.717, 1.165) is 29.6 Å². The molecule has 36 heavy (non-hydrogen) atoms. The van der Waals surface area contributed by atoms with Gasteiger partial charge >= 0.3 is 0 Å². The molecule has 3 heterocycles. The second kappa shape index (κ2) is 9.07. The van der Waals surface area contributed by atoms with Crippen molar-refractivity contribution in [2.75, 3.05) is 24.6 Å². The first-order chi connectivity index (χ1) is 17.4. The van der Waals surface area contributed by atoms with Gasteiger partial charge in [0.2, 0.25) is 5.91 Å². The number of amides is 1. The fourth-order valence-electron chi connectivity index (χ4n) is 6.50. The first-order valence-electron chi connectivity index (χ1n) is 12.8. The Labute approximate surface area is 209 Å². The van der Waals surface area contributed by atoms with Gasteiger partial charge in [-0.2, -0.15) is 0 Å². The fraction of sp³-hybridized carbons (Fsp3) is 0.464. The van der Waals surface area contributed by atoms with E-state index in [1.54, 1.807) is 12.4 Å². The molecule has 2 aliphatic carbocycles. The van der Waals surface area contributed by atoms with E-state index in [4.69, 9.17) is 4.74 Å². The van der Waals surface area contributed by atoms with Gasteiger partial charge in [0.25, 0.3) is 0 Å². The Balaban J connectivity index is 1.21. The highest BCUT2D eigenvalue weighted by Crippen LogP contribution is 2.55. The van der Waals surface area contributed by atoms with Gasteiger partial charge in [-0.1, -0.05) is 30.3 Å². The van der Waals surface area contributed by atoms with Crippen molar-refractivity contribution in [2.45, 2.75) is 44.4 Å². The maximum Gasteiger partial charge on any atom is 0.226 e. The van der Waals surface area contributed by atoms with E-state index in [9.17, 15) is 13.6 Å². The number of benzene rings is 1. The highest BCUT2D eigenvalue weighted by Gasteiger charge is 2.56. The molecule has 5 atom stereocenters. The number of carbonyl (C=O) groups is 1. The molecule has 2 saturated heterocycles. The van der Waals surface area contributed by atoms with Gasteiger partial charge in [0.15, 0.2) is 0 Å². The Kier molecular flexibility index (Phi) is 5.86. The van der Waals surface area contributed by atoms with Gasteiger partial charge in [0, 0.05) is 49.2 Å². The van der Waals surface area contributed by atoms with Gasteiger partial charge in [-0.3, -0.25) is 4.79 Å². The van der Waals surface area contributed by atoms with Crippen LogP contribution in [0.15, 0.2) is 66.5 Å². The molecule has 6 nitrogen and oxygen atoms in total. The van der Waals surface area contributed by atoms with Crippen LogP contribution in [0, 0.1) is 17.8 Å². The van der Waals surface area contributed by atoms with E-state index < -0.39 is 11.6 Å². The lowest BCUT2D eigenvalue weighted by molar-refractivity contribution is -0.170. The van der Waals surface area contributed by atoms with Crippen LogP contribution in [-0.2, 0) is 9.53 Å². The van der Waals surface area contributed by atoms with Gasteiger partial charge in [-0.15, -0.1) is 0 Å². The summed E-state index contributed by atoms with van der Waals surface area (Å²) in [6, 6.07) is 11.8. The highest BCUT2D eigenvalue weighted by atomic mass is 19.1. The molecule has 2 aromatic rings. The second-order valence-corrected chi connectivity index (χ2v) is 10.4. The average Bonchev–Trinajstić information content (AvgIpc) is 3.22. The third-order valence-electron chi connectivity index (χ3n) is 8.39. The van der Waals surface area contributed by atoms with Gasteiger partial charge in [-0.25, -0.2) is 18.7 Å².